The van der Waals surface area contributed by atoms with E-state index in [2.05, 4.69) is 41.3 Å². The molecule has 0 radical (unpaired) electrons. The number of nitrogens with two attached hydrogens (primary N) is 1. The van der Waals surface area contributed by atoms with E-state index in [1.807, 2.05) is 6.07 Å². The summed E-state index contributed by atoms with van der Waals surface area (Å²) >= 11 is 0. The van der Waals surface area contributed by atoms with Crippen LogP contribution < -0.4 is 11.1 Å². The van der Waals surface area contributed by atoms with Crippen molar-refractivity contribution in [1.82, 2.24) is 15.3 Å². The number of rotatable bonds is 7. The Morgan fingerprint density at radius 3 is 2.95 bits per heavy atom. The SMILES string of the molecule is CC(C)(CNC=O)c1ccc2[nH]c(CCCN)nc2c1. The summed E-state index contributed by atoms with van der Waals surface area (Å²) in [5.74, 6) is 0.978. The first-order valence-electron chi connectivity index (χ1n) is 6.93. The van der Waals surface area contributed by atoms with Gasteiger partial charge in [0.25, 0.3) is 0 Å². The van der Waals surface area contributed by atoms with E-state index in [-0.39, 0.29) is 5.41 Å². The van der Waals surface area contributed by atoms with Crippen LogP contribution in [0.3, 0.4) is 0 Å². The Bertz CT molecular complexity index is 589. The lowest BCUT2D eigenvalue weighted by molar-refractivity contribution is -0.109. The second-order valence-corrected chi connectivity index (χ2v) is 5.69. The van der Waals surface area contributed by atoms with Crippen LogP contribution in [0.15, 0.2) is 18.2 Å². The Hall–Kier alpha value is -1.88. The highest BCUT2D eigenvalue weighted by molar-refractivity contribution is 5.76. The summed E-state index contributed by atoms with van der Waals surface area (Å²) in [5.41, 5.74) is 8.57. The lowest BCUT2D eigenvalue weighted by Crippen LogP contribution is -2.32. The number of nitrogens with zero attached hydrogens (tertiary/aromatic N) is 1. The molecule has 2 rings (SSSR count). The predicted octanol–water partition coefficient (Wildman–Crippen LogP) is 1.48. The predicted molar refractivity (Wildman–Crippen MR) is 80.6 cm³/mol. The molecule has 0 atom stereocenters. The van der Waals surface area contributed by atoms with Gasteiger partial charge in [-0.3, -0.25) is 4.79 Å². The summed E-state index contributed by atoms with van der Waals surface area (Å²) in [6, 6.07) is 6.22. The highest BCUT2D eigenvalue weighted by Crippen LogP contribution is 2.25. The largest absolute Gasteiger partial charge is 0.358 e. The van der Waals surface area contributed by atoms with Gasteiger partial charge in [0, 0.05) is 18.4 Å². The van der Waals surface area contributed by atoms with Crippen LogP contribution in [0.5, 0.6) is 0 Å². The summed E-state index contributed by atoms with van der Waals surface area (Å²) < 4.78 is 0. The Kier molecular flexibility index (Phi) is 4.39. The Morgan fingerprint density at radius 1 is 1.45 bits per heavy atom. The molecule has 0 unspecified atom stereocenters. The van der Waals surface area contributed by atoms with Crippen molar-refractivity contribution >= 4 is 17.4 Å². The average Bonchev–Trinajstić information content (AvgIpc) is 2.84. The number of aryl methyl sites for hydroxylation is 1. The molecule has 0 aliphatic carbocycles. The van der Waals surface area contributed by atoms with Crippen molar-refractivity contribution in [3.63, 3.8) is 0 Å². The number of carbonyl (C=O) groups is 1. The van der Waals surface area contributed by atoms with Gasteiger partial charge in [0.15, 0.2) is 0 Å². The van der Waals surface area contributed by atoms with Crippen LogP contribution in [0.2, 0.25) is 0 Å². The molecule has 2 aromatic rings. The van der Waals surface area contributed by atoms with Gasteiger partial charge in [-0.1, -0.05) is 19.9 Å². The van der Waals surface area contributed by atoms with Crippen LogP contribution in [-0.2, 0) is 16.6 Å². The van der Waals surface area contributed by atoms with Crippen molar-refractivity contribution in [2.45, 2.75) is 32.1 Å². The smallest absolute Gasteiger partial charge is 0.207 e. The van der Waals surface area contributed by atoms with E-state index < -0.39 is 0 Å². The monoisotopic (exact) mass is 274 g/mol. The summed E-state index contributed by atoms with van der Waals surface area (Å²) in [6.07, 6.45) is 2.54. The van der Waals surface area contributed by atoms with Crippen LogP contribution in [0.1, 0.15) is 31.7 Å². The Morgan fingerprint density at radius 2 is 2.25 bits per heavy atom. The van der Waals surface area contributed by atoms with Crippen molar-refractivity contribution in [1.29, 1.82) is 0 Å². The van der Waals surface area contributed by atoms with Crippen molar-refractivity contribution in [2.75, 3.05) is 13.1 Å². The standard InChI is InChI=1S/C15H22N4O/c1-15(2,9-17-10-20)11-5-6-12-13(8-11)19-14(18-12)4-3-7-16/h5-6,8,10H,3-4,7,9,16H2,1-2H3,(H,17,20)(H,18,19). The first-order chi connectivity index (χ1) is 9.56. The lowest BCUT2D eigenvalue weighted by Gasteiger charge is -2.24. The minimum atomic E-state index is -0.120. The molecule has 1 heterocycles. The number of hydrogen-bond acceptors (Lipinski definition) is 3. The van der Waals surface area contributed by atoms with E-state index in [1.165, 1.54) is 0 Å². The molecule has 1 amide bonds. The van der Waals surface area contributed by atoms with Gasteiger partial charge >= 0.3 is 0 Å². The summed E-state index contributed by atoms with van der Waals surface area (Å²) in [6.45, 7) is 5.48. The molecule has 20 heavy (non-hydrogen) atoms. The lowest BCUT2D eigenvalue weighted by atomic mass is 9.84. The van der Waals surface area contributed by atoms with Crippen LogP contribution in [0.25, 0.3) is 11.0 Å². The van der Waals surface area contributed by atoms with E-state index in [0.29, 0.717) is 13.1 Å². The summed E-state index contributed by atoms with van der Waals surface area (Å²) in [7, 11) is 0. The normalized spacial score (nSPS) is 11.8. The third-order valence-electron chi connectivity index (χ3n) is 3.56. The number of carbonyl (C=O) groups excluding carboxylic acids is 1. The number of aromatic nitrogens is 2. The van der Waals surface area contributed by atoms with Gasteiger partial charge in [-0.05, 0) is 30.7 Å². The quantitative estimate of drug-likeness (QED) is 0.669. The molecule has 0 saturated carbocycles. The molecular formula is C15H22N4O. The van der Waals surface area contributed by atoms with E-state index in [4.69, 9.17) is 5.73 Å². The molecule has 1 aromatic heterocycles. The number of hydrogen-bond donors (Lipinski definition) is 3. The third-order valence-corrected chi connectivity index (χ3v) is 3.56. The topological polar surface area (TPSA) is 83.8 Å². The van der Waals surface area contributed by atoms with E-state index >= 15 is 0 Å². The molecule has 5 nitrogen and oxygen atoms in total. The van der Waals surface area contributed by atoms with E-state index in [9.17, 15) is 4.79 Å². The maximum absolute atomic E-state index is 10.5. The van der Waals surface area contributed by atoms with Crippen LogP contribution >= 0.6 is 0 Å². The molecule has 0 fully saturated rings. The fourth-order valence-corrected chi connectivity index (χ4v) is 2.27. The fraction of sp³-hybridized carbons (Fsp3) is 0.467. The number of nitrogens with one attached hydrogen (secondary N) is 2. The van der Waals surface area contributed by atoms with Crippen molar-refractivity contribution in [3.8, 4) is 0 Å². The maximum Gasteiger partial charge on any atom is 0.207 e. The molecule has 5 heteroatoms. The summed E-state index contributed by atoms with van der Waals surface area (Å²) in [4.78, 5) is 18.4. The zero-order chi connectivity index (χ0) is 14.6. The molecule has 1 aromatic carbocycles. The molecule has 0 saturated heterocycles. The van der Waals surface area contributed by atoms with Crippen LogP contribution in [0, 0.1) is 0 Å². The third kappa shape index (κ3) is 3.17. The molecule has 0 spiro atoms. The molecule has 4 N–H and O–H groups in total. The van der Waals surface area contributed by atoms with E-state index in [1.54, 1.807) is 0 Å². The number of H-pyrrole nitrogens is 1. The van der Waals surface area contributed by atoms with Gasteiger partial charge in [0.2, 0.25) is 6.41 Å². The van der Waals surface area contributed by atoms with Crippen LogP contribution in [-0.4, -0.2) is 29.5 Å². The number of aromatic amines is 1. The first kappa shape index (κ1) is 14.5. The Balaban J connectivity index is 2.26. The average molecular weight is 274 g/mol. The number of imidazole rings is 1. The highest BCUT2D eigenvalue weighted by Gasteiger charge is 2.20. The maximum atomic E-state index is 10.5. The molecule has 108 valence electrons. The minimum Gasteiger partial charge on any atom is -0.358 e. The number of amides is 1. The molecule has 0 aliphatic heterocycles. The highest BCUT2D eigenvalue weighted by atomic mass is 16.1. The zero-order valence-corrected chi connectivity index (χ0v) is 12.1. The Labute approximate surface area is 119 Å². The van der Waals surface area contributed by atoms with Gasteiger partial charge in [0.05, 0.1) is 11.0 Å². The second-order valence-electron chi connectivity index (χ2n) is 5.69. The second kappa shape index (κ2) is 6.05. The van der Waals surface area contributed by atoms with E-state index in [0.717, 1.165) is 41.7 Å². The molecule has 0 aliphatic rings. The fourth-order valence-electron chi connectivity index (χ4n) is 2.27. The summed E-state index contributed by atoms with van der Waals surface area (Å²) in [5, 5.41) is 2.75. The number of benzene rings is 1. The van der Waals surface area contributed by atoms with Crippen LogP contribution in [0.4, 0.5) is 0 Å². The first-order valence-corrected chi connectivity index (χ1v) is 6.93. The minimum absolute atomic E-state index is 0.120. The van der Waals surface area contributed by atoms with Gasteiger partial charge < -0.3 is 16.0 Å². The zero-order valence-electron chi connectivity index (χ0n) is 12.1. The van der Waals surface area contributed by atoms with Crippen molar-refractivity contribution < 1.29 is 4.79 Å². The van der Waals surface area contributed by atoms with Gasteiger partial charge in [-0.2, -0.15) is 0 Å². The van der Waals surface area contributed by atoms with Gasteiger partial charge in [-0.25, -0.2) is 4.98 Å². The van der Waals surface area contributed by atoms with Gasteiger partial charge in [-0.15, -0.1) is 0 Å². The molecular weight excluding hydrogens is 252 g/mol. The molecule has 0 bridgehead atoms. The van der Waals surface area contributed by atoms with Gasteiger partial charge in [0.1, 0.15) is 5.82 Å². The number of fused-ring (bicyclic) bond motifs is 1. The van der Waals surface area contributed by atoms with Crippen molar-refractivity contribution in [3.05, 3.63) is 29.6 Å². The van der Waals surface area contributed by atoms with Crippen molar-refractivity contribution in [2.24, 2.45) is 5.73 Å².